The number of para-hydroxylation sites is 1. The van der Waals surface area contributed by atoms with Crippen molar-refractivity contribution in [2.45, 2.75) is 18.2 Å². The first-order valence-electron chi connectivity index (χ1n) is 5.56. The van der Waals surface area contributed by atoms with Crippen molar-refractivity contribution in [1.29, 1.82) is 0 Å². The molecule has 1 aromatic carbocycles. The van der Waals surface area contributed by atoms with E-state index in [1.807, 2.05) is 0 Å². The molecule has 5 nitrogen and oxygen atoms in total. The van der Waals surface area contributed by atoms with E-state index in [4.69, 9.17) is 5.73 Å². The van der Waals surface area contributed by atoms with Gasteiger partial charge in [-0.3, -0.25) is 0 Å². The molecule has 0 spiro atoms. The zero-order chi connectivity index (χ0) is 13.8. The van der Waals surface area contributed by atoms with Gasteiger partial charge in [0.25, 0.3) is 0 Å². The van der Waals surface area contributed by atoms with Gasteiger partial charge < -0.3 is 5.73 Å². The van der Waals surface area contributed by atoms with Crippen LogP contribution in [0.2, 0.25) is 0 Å². The molecular formula is C11H17NO4S2. The first-order chi connectivity index (χ1) is 8.28. The minimum Gasteiger partial charge on any atom is -0.398 e. The molecule has 0 aliphatic carbocycles. The van der Waals surface area contributed by atoms with Gasteiger partial charge in [-0.15, -0.1) is 0 Å². The second-order valence-electron chi connectivity index (χ2n) is 3.95. The van der Waals surface area contributed by atoms with E-state index in [9.17, 15) is 16.8 Å². The number of hydrogen-bond donors (Lipinski definition) is 1. The Morgan fingerprint density at radius 3 is 2.22 bits per heavy atom. The summed E-state index contributed by atoms with van der Waals surface area (Å²) in [6.45, 7) is 1.54. The molecule has 18 heavy (non-hydrogen) atoms. The van der Waals surface area contributed by atoms with Crippen molar-refractivity contribution >= 4 is 25.4 Å². The van der Waals surface area contributed by atoms with E-state index in [1.54, 1.807) is 19.1 Å². The molecule has 2 N–H and O–H groups in total. The summed E-state index contributed by atoms with van der Waals surface area (Å²) in [5.74, 6) is -0.295. The van der Waals surface area contributed by atoms with E-state index < -0.39 is 19.7 Å². The van der Waals surface area contributed by atoms with Gasteiger partial charge in [0.1, 0.15) is 9.84 Å². The second kappa shape index (κ2) is 5.71. The van der Waals surface area contributed by atoms with Crippen molar-refractivity contribution in [3.05, 3.63) is 24.3 Å². The average Bonchev–Trinajstić information content (AvgIpc) is 2.29. The van der Waals surface area contributed by atoms with Gasteiger partial charge in [0.2, 0.25) is 0 Å². The summed E-state index contributed by atoms with van der Waals surface area (Å²) in [5, 5.41) is 0. The molecule has 0 aliphatic heterocycles. The Morgan fingerprint density at radius 2 is 1.67 bits per heavy atom. The number of sulfone groups is 2. The normalized spacial score (nSPS) is 12.5. The first kappa shape index (κ1) is 15.0. The molecule has 0 aromatic heterocycles. The fraction of sp³-hybridized carbons (Fsp3) is 0.455. The highest BCUT2D eigenvalue weighted by atomic mass is 32.2. The lowest BCUT2D eigenvalue weighted by Gasteiger charge is -2.07. The van der Waals surface area contributed by atoms with Crippen LogP contribution in [-0.2, 0) is 19.7 Å². The third-order valence-electron chi connectivity index (χ3n) is 2.56. The van der Waals surface area contributed by atoms with Crippen molar-refractivity contribution in [3.8, 4) is 0 Å². The minimum atomic E-state index is -3.51. The predicted molar refractivity (Wildman–Crippen MR) is 71.9 cm³/mol. The number of benzene rings is 1. The largest absolute Gasteiger partial charge is 0.398 e. The van der Waals surface area contributed by atoms with Crippen molar-refractivity contribution in [2.24, 2.45) is 0 Å². The Bertz CT molecular complexity index is 606. The second-order valence-corrected chi connectivity index (χ2v) is 8.50. The van der Waals surface area contributed by atoms with E-state index >= 15 is 0 Å². The van der Waals surface area contributed by atoms with Gasteiger partial charge in [0.15, 0.2) is 9.84 Å². The molecule has 0 heterocycles. The quantitative estimate of drug-likeness (QED) is 0.785. The highest BCUT2D eigenvalue weighted by molar-refractivity contribution is 7.92. The molecule has 7 heteroatoms. The average molecular weight is 291 g/mol. The Kier molecular flexibility index (Phi) is 4.75. The summed E-state index contributed by atoms with van der Waals surface area (Å²) in [5.41, 5.74) is 5.78. The summed E-state index contributed by atoms with van der Waals surface area (Å²) in [4.78, 5) is 0.0684. The fourth-order valence-electron chi connectivity index (χ4n) is 1.49. The molecule has 0 atom stereocenters. The molecule has 0 radical (unpaired) electrons. The Hall–Kier alpha value is -1.08. The van der Waals surface area contributed by atoms with Crippen molar-refractivity contribution < 1.29 is 16.8 Å². The lowest BCUT2D eigenvalue weighted by molar-refractivity contribution is 0.590. The van der Waals surface area contributed by atoms with Crippen LogP contribution in [0.3, 0.4) is 0 Å². The molecule has 1 rings (SSSR count). The summed E-state index contributed by atoms with van der Waals surface area (Å²) in [6, 6.07) is 6.18. The summed E-state index contributed by atoms with van der Waals surface area (Å²) < 4.78 is 46.4. The topological polar surface area (TPSA) is 94.3 Å². The zero-order valence-corrected chi connectivity index (χ0v) is 11.8. The lowest BCUT2D eigenvalue weighted by atomic mass is 10.3. The third kappa shape index (κ3) is 3.99. The molecule has 0 aliphatic rings. The van der Waals surface area contributed by atoms with Gasteiger partial charge in [-0.05, 0) is 18.6 Å². The van der Waals surface area contributed by atoms with Crippen LogP contribution in [0, 0.1) is 0 Å². The number of hydrogen-bond acceptors (Lipinski definition) is 5. The van der Waals surface area contributed by atoms with Gasteiger partial charge in [0, 0.05) is 5.75 Å². The zero-order valence-electron chi connectivity index (χ0n) is 10.2. The number of nitrogens with two attached hydrogens (primary N) is 1. The molecule has 0 saturated heterocycles. The van der Waals surface area contributed by atoms with Crippen LogP contribution >= 0.6 is 0 Å². The maximum Gasteiger partial charge on any atom is 0.180 e. The first-order valence-corrected chi connectivity index (χ1v) is 9.03. The predicted octanol–water partition coefficient (Wildman–Crippen LogP) is 0.867. The smallest absolute Gasteiger partial charge is 0.180 e. The van der Waals surface area contributed by atoms with E-state index in [0.717, 1.165) is 0 Å². The highest BCUT2D eigenvalue weighted by Gasteiger charge is 2.18. The van der Waals surface area contributed by atoms with Crippen LogP contribution in [0.25, 0.3) is 0 Å². The van der Waals surface area contributed by atoms with E-state index in [0.29, 0.717) is 0 Å². The fourth-order valence-corrected chi connectivity index (χ4v) is 4.00. The van der Waals surface area contributed by atoms with Crippen LogP contribution in [0.1, 0.15) is 13.3 Å². The number of anilines is 1. The van der Waals surface area contributed by atoms with Gasteiger partial charge in [-0.2, -0.15) is 0 Å². The van der Waals surface area contributed by atoms with Crippen molar-refractivity contribution in [2.75, 3.05) is 23.0 Å². The number of rotatable bonds is 6. The molecule has 1 aromatic rings. The maximum absolute atomic E-state index is 12.0. The van der Waals surface area contributed by atoms with Gasteiger partial charge in [0.05, 0.1) is 22.1 Å². The van der Waals surface area contributed by atoms with E-state index in [1.165, 1.54) is 12.1 Å². The Balaban J connectivity index is 2.76. The summed E-state index contributed by atoms with van der Waals surface area (Å²) in [6.07, 6.45) is 0.0901. The standard InChI is InChI=1S/C11H17NO4S2/c1-2-17(13,14)8-5-9-18(15,16)11-7-4-3-6-10(11)12/h3-4,6-7H,2,5,8-9,12H2,1H3. The van der Waals surface area contributed by atoms with E-state index in [-0.39, 0.29) is 34.3 Å². The number of nitrogen functional groups attached to an aromatic ring is 1. The Morgan fingerprint density at radius 1 is 1.06 bits per heavy atom. The SMILES string of the molecule is CCS(=O)(=O)CCCS(=O)(=O)c1ccccc1N. The molecule has 0 amide bonds. The molecule has 0 fully saturated rings. The van der Waals surface area contributed by atoms with Crippen LogP contribution in [0.15, 0.2) is 29.2 Å². The van der Waals surface area contributed by atoms with Crippen LogP contribution in [0.4, 0.5) is 5.69 Å². The van der Waals surface area contributed by atoms with Crippen molar-refractivity contribution in [3.63, 3.8) is 0 Å². The maximum atomic E-state index is 12.0. The van der Waals surface area contributed by atoms with Gasteiger partial charge in [-0.1, -0.05) is 19.1 Å². The molecule has 0 bridgehead atoms. The minimum absolute atomic E-state index is 0.0283. The highest BCUT2D eigenvalue weighted by Crippen LogP contribution is 2.19. The molecular weight excluding hydrogens is 274 g/mol. The summed E-state index contributed by atoms with van der Waals surface area (Å²) in [7, 11) is -6.64. The van der Waals surface area contributed by atoms with Crippen molar-refractivity contribution in [1.82, 2.24) is 0 Å². The Labute approximate surface area is 108 Å². The lowest BCUT2D eigenvalue weighted by Crippen LogP contribution is -2.15. The molecule has 0 unspecified atom stereocenters. The van der Waals surface area contributed by atoms with E-state index in [2.05, 4.69) is 0 Å². The summed E-state index contributed by atoms with van der Waals surface area (Å²) >= 11 is 0. The molecule has 0 saturated carbocycles. The monoisotopic (exact) mass is 291 g/mol. The van der Waals surface area contributed by atoms with Gasteiger partial charge in [-0.25, -0.2) is 16.8 Å². The van der Waals surface area contributed by atoms with Crippen LogP contribution in [0.5, 0.6) is 0 Å². The molecule has 102 valence electrons. The van der Waals surface area contributed by atoms with Crippen LogP contribution in [-0.4, -0.2) is 34.1 Å². The van der Waals surface area contributed by atoms with Crippen LogP contribution < -0.4 is 5.73 Å². The third-order valence-corrected chi connectivity index (χ3v) is 6.22. The van der Waals surface area contributed by atoms with Gasteiger partial charge >= 0.3 is 0 Å².